The molecule has 0 aliphatic carbocycles. The average Bonchev–Trinajstić information content (AvgIpc) is 2.96. The molecule has 3 atom stereocenters. The molecular weight excluding hydrogens is 354 g/mol. The summed E-state index contributed by atoms with van der Waals surface area (Å²) in [5.74, 6) is -0.545. The van der Waals surface area contributed by atoms with Gasteiger partial charge >= 0.3 is 5.97 Å². The molecule has 0 amide bonds. The van der Waals surface area contributed by atoms with Crippen LogP contribution in [0.5, 0.6) is 0 Å². The van der Waals surface area contributed by atoms with Crippen LogP contribution in [-0.2, 0) is 14.8 Å². The number of piperidine rings is 2. The Bertz CT molecular complexity index is 938. The Balaban J connectivity index is 1.61. The monoisotopic (exact) mass is 377 g/mol. The SMILES string of the molecule is CN1[C@@H]2CCC[C@H]1CC(OC(=O)c1nn(S(C)(=O)=O)c3ccccc13)C2. The number of carbonyl (C=O) groups excluding carboxylic acids is 1. The molecule has 8 heteroatoms. The zero-order valence-electron chi connectivity index (χ0n) is 15.0. The molecule has 2 saturated heterocycles. The highest BCUT2D eigenvalue weighted by Gasteiger charge is 2.38. The molecule has 4 rings (SSSR count). The highest BCUT2D eigenvalue weighted by molar-refractivity contribution is 7.89. The van der Waals surface area contributed by atoms with Gasteiger partial charge in [0.05, 0.1) is 11.8 Å². The Labute approximate surface area is 153 Å². The van der Waals surface area contributed by atoms with Gasteiger partial charge in [-0.2, -0.15) is 4.09 Å². The van der Waals surface area contributed by atoms with Gasteiger partial charge in [-0.1, -0.05) is 24.6 Å². The predicted octanol–water partition coefficient (Wildman–Crippen LogP) is 2.02. The third-order valence-electron chi connectivity index (χ3n) is 5.63. The van der Waals surface area contributed by atoms with Crippen molar-refractivity contribution in [1.82, 2.24) is 14.1 Å². The Morgan fingerprint density at radius 2 is 1.85 bits per heavy atom. The van der Waals surface area contributed by atoms with E-state index >= 15 is 0 Å². The number of para-hydroxylation sites is 1. The first-order chi connectivity index (χ1) is 12.3. The highest BCUT2D eigenvalue weighted by atomic mass is 32.2. The number of fused-ring (bicyclic) bond motifs is 3. The van der Waals surface area contributed by atoms with Crippen molar-refractivity contribution in [3.63, 3.8) is 0 Å². The number of benzene rings is 1. The quantitative estimate of drug-likeness (QED) is 0.761. The third-order valence-corrected chi connectivity index (χ3v) is 6.54. The molecule has 0 saturated carbocycles. The number of hydrogen-bond donors (Lipinski definition) is 0. The zero-order chi connectivity index (χ0) is 18.5. The minimum atomic E-state index is -3.60. The summed E-state index contributed by atoms with van der Waals surface area (Å²) < 4.78 is 30.6. The second kappa shape index (κ2) is 6.35. The fourth-order valence-corrected chi connectivity index (χ4v) is 5.06. The van der Waals surface area contributed by atoms with Crippen LogP contribution in [0.1, 0.15) is 42.6 Å². The van der Waals surface area contributed by atoms with Gasteiger partial charge in [-0.15, -0.1) is 5.10 Å². The van der Waals surface area contributed by atoms with Crippen LogP contribution in [-0.4, -0.2) is 60.0 Å². The van der Waals surface area contributed by atoms with Crippen molar-refractivity contribution in [1.29, 1.82) is 0 Å². The lowest BCUT2D eigenvalue weighted by atomic mass is 9.83. The van der Waals surface area contributed by atoms with E-state index in [0.717, 1.165) is 36.0 Å². The second-order valence-corrected chi connectivity index (χ2v) is 9.19. The Hall–Kier alpha value is -1.93. The van der Waals surface area contributed by atoms with Gasteiger partial charge < -0.3 is 9.64 Å². The minimum absolute atomic E-state index is 0.0649. The van der Waals surface area contributed by atoms with Crippen LogP contribution in [0.25, 0.3) is 10.9 Å². The van der Waals surface area contributed by atoms with Crippen molar-refractivity contribution in [2.24, 2.45) is 0 Å². The number of aromatic nitrogens is 2. The lowest BCUT2D eigenvalue weighted by Gasteiger charge is -2.46. The van der Waals surface area contributed by atoms with Crippen molar-refractivity contribution < 1.29 is 17.9 Å². The van der Waals surface area contributed by atoms with Crippen LogP contribution >= 0.6 is 0 Å². The lowest BCUT2D eigenvalue weighted by Crippen LogP contribution is -2.52. The van der Waals surface area contributed by atoms with Crippen LogP contribution in [0.3, 0.4) is 0 Å². The fourth-order valence-electron chi connectivity index (χ4n) is 4.31. The van der Waals surface area contributed by atoms with Gasteiger partial charge in [0.1, 0.15) is 6.10 Å². The first-order valence-corrected chi connectivity index (χ1v) is 10.8. The van der Waals surface area contributed by atoms with E-state index < -0.39 is 16.0 Å². The molecule has 1 aromatic heterocycles. The largest absolute Gasteiger partial charge is 0.457 e. The van der Waals surface area contributed by atoms with Crippen molar-refractivity contribution in [2.75, 3.05) is 13.3 Å². The Morgan fingerprint density at radius 3 is 2.50 bits per heavy atom. The fraction of sp³-hybridized carbons (Fsp3) is 0.556. The zero-order valence-corrected chi connectivity index (χ0v) is 15.8. The van der Waals surface area contributed by atoms with Crippen LogP contribution in [0.2, 0.25) is 0 Å². The van der Waals surface area contributed by atoms with Gasteiger partial charge in [-0.05, 0) is 26.0 Å². The highest BCUT2D eigenvalue weighted by Crippen LogP contribution is 2.34. The standard InChI is InChI=1S/C18H23N3O4S/c1-20-12-6-5-7-13(20)11-14(10-12)25-18(22)17-15-8-3-4-9-16(15)21(19-17)26(2,23)24/h3-4,8-9,12-14H,5-7,10-11H2,1-2H3/t12-,13+,14?. The molecule has 0 spiro atoms. The maximum atomic E-state index is 12.8. The van der Waals surface area contributed by atoms with Crippen molar-refractivity contribution >= 4 is 26.9 Å². The number of hydrogen-bond acceptors (Lipinski definition) is 6. The number of carbonyl (C=O) groups is 1. The van der Waals surface area contributed by atoms with E-state index in [1.165, 1.54) is 6.42 Å². The summed E-state index contributed by atoms with van der Waals surface area (Å²) in [7, 11) is -1.46. The molecule has 3 heterocycles. The van der Waals surface area contributed by atoms with Crippen LogP contribution < -0.4 is 0 Å². The Kier molecular flexibility index (Phi) is 4.27. The van der Waals surface area contributed by atoms with Gasteiger partial charge in [-0.25, -0.2) is 13.2 Å². The van der Waals surface area contributed by atoms with E-state index in [4.69, 9.17) is 4.74 Å². The molecule has 26 heavy (non-hydrogen) atoms. The van der Waals surface area contributed by atoms with E-state index in [1.807, 2.05) is 0 Å². The van der Waals surface area contributed by atoms with Gasteiger partial charge in [0.15, 0.2) is 5.69 Å². The van der Waals surface area contributed by atoms with E-state index in [1.54, 1.807) is 24.3 Å². The van der Waals surface area contributed by atoms with E-state index in [-0.39, 0.29) is 11.8 Å². The normalized spacial score (nSPS) is 26.8. The topological polar surface area (TPSA) is 81.5 Å². The average molecular weight is 377 g/mol. The first-order valence-electron chi connectivity index (χ1n) is 8.96. The molecule has 2 aliphatic rings. The van der Waals surface area contributed by atoms with Crippen molar-refractivity contribution in [2.45, 2.75) is 50.3 Å². The summed E-state index contributed by atoms with van der Waals surface area (Å²) in [5.41, 5.74) is 0.456. The molecule has 2 aromatic rings. The van der Waals surface area contributed by atoms with Crippen molar-refractivity contribution in [3.8, 4) is 0 Å². The summed E-state index contributed by atoms with van der Waals surface area (Å²) in [5, 5.41) is 4.55. The summed E-state index contributed by atoms with van der Waals surface area (Å²) in [4.78, 5) is 15.2. The summed E-state index contributed by atoms with van der Waals surface area (Å²) >= 11 is 0. The summed E-state index contributed by atoms with van der Waals surface area (Å²) in [6.45, 7) is 0. The second-order valence-electron chi connectivity index (χ2n) is 7.37. The maximum absolute atomic E-state index is 12.8. The van der Waals surface area contributed by atoms with Gasteiger partial charge in [-0.3, -0.25) is 0 Å². The van der Waals surface area contributed by atoms with Gasteiger partial charge in [0.2, 0.25) is 0 Å². The molecule has 7 nitrogen and oxygen atoms in total. The molecule has 2 aliphatic heterocycles. The van der Waals surface area contributed by atoms with E-state index in [9.17, 15) is 13.2 Å². The summed E-state index contributed by atoms with van der Waals surface area (Å²) in [6.07, 6.45) is 6.06. The molecular formula is C18H23N3O4S. The molecule has 2 fully saturated rings. The lowest BCUT2D eigenvalue weighted by molar-refractivity contribution is -0.0321. The number of nitrogens with zero attached hydrogens (tertiary/aromatic N) is 3. The van der Waals surface area contributed by atoms with Crippen LogP contribution in [0.4, 0.5) is 0 Å². The number of rotatable bonds is 3. The third kappa shape index (κ3) is 3.01. The predicted molar refractivity (Wildman–Crippen MR) is 97.6 cm³/mol. The number of ether oxygens (including phenoxy) is 1. The molecule has 2 bridgehead atoms. The van der Waals surface area contributed by atoms with Crippen molar-refractivity contribution in [3.05, 3.63) is 30.0 Å². The maximum Gasteiger partial charge on any atom is 0.359 e. The molecule has 140 valence electrons. The van der Waals surface area contributed by atoms with E-state index in [0.29, 0.717) is 23.0 Å². The molecule has 0 radical (unpaired) electrons. The van der Waals surface area contributed by atoms with E-state index in [2.05, 4.69) is 17.0 Å². The molecule has 0 N–H and O–H groups in total. The van der Waals surface area contributed by atoms with Gasteiger partial charge in [0.25, 0.3) is 10.0 Å². The smallest absolute Gasteiger partial charge is 0.359 e. The first kappa shape index (κ1) is 17.5. The molecule has 1 aromatic carbocycles. The number of esters is 1. The minimum Gasteiger partial charge on any atom is -0.457 e. The Morgan fingerprint density at radius 1 is 1.19 bits per heavy atom. The van der Waals surface area contributed by atoms with Crippen LogP contribution in [0, 0.1) is 0 Å². The molecule has 1 unspecified atom stereocenters. The van der Waals surface area contributed by atoms with Gasteiger partial charge in [0, 0.05) is 30.3 Å². The van der Waals surface area contributed by atoms with Crippen LogP contribution in [0.15, 0.2) is 24.3 Å². The summed E-state index contributed by atoms with van der Waals surface area (Å²) in [6, 6.07) is 7.72.